The number of dihydropyridines is 1. The maximum Gasteiger partial charge on any atom is 0.336 e. The van der Waals surface area contributed by atoms with Crippen molar-refractivity contribution in [1.29, 1.82) is 0 Å². The molecule has 0 aliphatic carbocycles. The Balaban J connectivity index is 2.75. The summed E-state index contributed by atoms with van der Waals surface area (Å²) in [5.41, 5.74) is 8.48. The molecule has 158 valence electrons. The van der Waals surface area contributed by atoms with E-state index in [-0.39, 0.29) is 18.5 Å². The largest absolute Gasteiger partial charge is 0.463 e. The third-order valence-corrected chi connectivity index (χ3v) is 5.68. The highest BCUT2D eigenvalue weighted by molar-refractivity contribution is 8.00. The third-order valence-electron chi connectivity index (χ3n) is 4.52. The Labute approximate surface area is 180 Å². The number of benzene rings is 1. The summed E-state index contributed by atoms with van der Waals surface area (Å²) in [5, 5.41) is 3.64. The van der Waals surface area contributed by atoms with E-state index in [1.54, 1.807) is 39.0 Å². The zero-order chi connectivity index (χ0) is 21.6. The number of nitrogens with two attached hydrogens (primary N) is 1. The Morgan fingerprint density at radius 1 is 1.21 bits per heavy atom. The fraction of sp³-hybridized carbons (Fsp3) is 0.429. The van der Waals surface area contributed by atoms with E-state index in [1.807, 2.05) is 13.0 Å². The summed E-state index contributed by atoms with van der Waals surface area (Å²) in [6, 6.07) is 7.13. The topological polar surface area (TPSA) is 90.6 Å². The highest BCUT2D eigenvalue weighted by Gasteiger charge is 2.40. The first-order chi connectivity index (χ1) is 13.8. The summed E-state index contributed by atoms with van der Waals surface area (Å²) in [7, 11) is 0. The molecule has 3 N–H and O–H groups in total. The van der Waals surface area contributed by atoms with Gasteiger partial charge < -0.3 is 20.5 Å². The number of rotatable bonds is 8. The molecule has 0 radical (unpaired) electrons. The lowest BCUT2D eigenvalue weighted by atomic mass is 9.79. The molecule has 0 bridgehead atoms. The molecule has 29 heavy (non-hydrogen) atoms. The number of nitrogens with one attached hydrogen (secondary N) is 1. The smallest absolute Gasteiger partial charge is 0.336 e. The molecule has 0 saturated heterocycles. The minimum atomic E-state index is -0.663. The van der Waals surface area contributed by atoms with E-state index in [0.717, 1.165) is 0 Å². The van der Waals surface area contributed by atoms with Crippen LogP contribution in [0.2, 0.25) is 5.02 Å². The highest BCUT2D eigenvalue weighted by atomic mass is 35.5. The van der Waals surface area contributed by atoms with Crippen molar-refractivity contribution >= 4 is 35.3 Å². The molecule has 0 spiro atoms. The first kappa shape index (κ1) is 23.3. The number of ether oxygens (including phenoxy) is 2. The van der Waals surface area contributed by atoms with Gasteiger partial charge in [0.25, 0.3) is 0 Å². The van der Waals surface area contributed by atoms with Gasteiger partial charge in [0.2, 0.25) is 0 Å². The third kappa shape index (κ3) is 5.35. The van der Waals surface area contributed by atoms with Crippen molar-refractivity contribution in [1.82, 2.24) is 5.32 Å². The van der Waals surface area contributed by atoms with Gasteiger partial charge in [-0.2, -0.15) is 0 Å². The van der Waals surface area contributed by atoms with Gasteiger partial charge in [0.05, 0.1) is 30.3 Å². The van der Waals surface area contributed by atoms with Gasteiger partial charge in [0.1, 0.15) is 0 Å². The van der Waals surface area contributed by atoms with Crippen molar-refractivity contribution in [3.8, 4) is 0 Å². The molecule has 0 fully saturated rings. The normalized spacial score (nSPS) is 17.7. The second-order valence-corrected chi connectivity index (χ2v) is 8.21. The lowest BCUT2D eigenvalue weighted by Gasteiger charge is -2.33. The molecule has 1 aliphatic heterocycles. The van der Waals surface area contributed by atoms with Crippen LogP contribution in [0.1, 0.15) is 39.2 Å². The summed E-state index contributed by atoms with van der Waals surface area (Å²) < 4.78 is 10.7. The SMILES string of the molecule is CCOC(=O)C1=C(C)NC(C(C)SCN)=C(C(=O)OCC)C1c1cccc(Cl)c1. The minimum Gasteiger partial charge on any atom is -0.463 e. The van der Waals surface area contributed by atoms with Crippen LogP contribution >= 0.6 is 23.4 Å². The van der Waals surface area contributed by atoms with Gasteiger partial charge in [-0.25, -0.2) is 9.59 Å². The van der Waals surface area contributed by atoms with Crippen molar-refractivity contribution in [3.63, 3.8) is 0 Å². The van der Waals surface area contributed by atoms with Gasteiger partial charge >= 0.3 is 11.9 Å². The van der Waals surface area contributed by atoms with Crippen molar-refractivity contribution in [2.75, 3.05) is 19.1 Å². The van der Waals surface area contributed by atoms with E-state index in [9.17, 15) is 9.59 Å². The molecular weight excluding hydrogens is 412 g/mol. The lowest BCUT2D eigenvalue weighted by Crippen LogP contribution is -2.36. The highest BCUT2D eigenvalue weighted by Crippen LogP contribution is 2.41. The zero-order valence-electron chi connectivity index (χ0n) is 17.1. The number of allylic oxidation sites excluding steroid dienone is 1. The van der Waals surface area contributed by atoms with Crippen molar-refractivity contribution in [2.24, 2.45) is 5.73 Å². The van der Waals surface area contributed by atoms with Crippen LogP contribution < -0.4 is 11.1 Å². The number of thioether (sulfide) groups is 1. The number of hydrogen-bond acceptors (Lipinski definition) is 7. The first-order valence-corrected chi connectivity index (χ1v) is 10.9. The van der Waals surface area contributed by atoms with Gasteiger partial charge in [-0.05, 0) is 45.4 Å². The van der Waals surface area contributed by atoms with E-state index in [1.165, 1.54) is 11.8 Å². The van der Waals surface area contributed by atoms with E-state index < -0.39 is 17.9 Å². The summed E-state index contributed by atoms with van der Waals surface area (Å²) in [6.45, 7) is 7.68. The van der Waals surface area contributed by atoms with Crippen LogP contribution in [-0.4, -0.2) is 36.3 Å². The van der Waals surface area contributed by atoms with Crippen LogP contribution in [0.25, 0.3) is 0 Å². The minimum absolute atomic E-state index is 0.111. The molecule has 1 aliphatic rings. The zero-order valence-corrected chi connectivity index (χ0v) is 18.7. The van der Waals surface area contributed by atoms with Crippen molar-refractivity contribution in [3.05, 3.63) is 57.4 Å². The molecule has 8 heteroatoms. The molecule has 2 unspecified atom stereocenters. The van der Waals surface area contributed by atoms with Crippen LogP contribution in [0, 0.1) is 0 Å². The van der Waals surface area contributed by atoms with Crippen LogP contribution in [-0.2, 0) is 19.1 Å². The number of carbonyl (C=O) groups excluding carboxylic acids is 2. The average molecular weight is 439 g/mol. The van der Waals surface area contributed by atoms with Gasteiger partial charge in [-0.1, -0.05) is 23.7 Å². The first-order valence-electron chi connectivity index (χ1n) is 9.48. The van der Waals surface area contributed by atoms with Crippen molar-refractivity contribution in [2.45, 2.75) is 38.9 Å². The number of carbonyl (C=O) groups is 2. The maximum absolute atomic E-state index is 13.1. The summed E-state index contributed by atoms with van der Waals surface area (Å²) in [6.07, 6.45) is 0. The molecule has 0 saturated carbocycles. The number of esters is 2. The molecule has 1 aromatic carbocycles. The molecule has 0 aromatic heterocycles. The molecule has 0 amide bonds. The standard InChI is InChI=1S/C21H27ClN2O4S/c1-5-27-20(25)16-12(3)24-19(13(4)29-11-23)18(21(26)28-6-2)17(16)14-8-7-9-15(22)10-14/h7-10,13,17,24H,5-6,11,23H2,1-4H3. The monoisotopic (exact) mass is 438 g/mol. The predicted molar refractivity (Wildman–Crippen MR) is 116 cm³/mol. The molecular formula is C21H27ClN2O4S. The molecule has 6 nitrogen and oxygen atoms in total. The van der Waals surface area contributed by atoms with E-state index in [2.05, 4.69) is 5.32 Å². The fourth-order valence-electron chi connectivity index (χ4n) is 3.34. The number of halogens is 1. The fourth-order valence-corrected chi connectivity index (χ4v) is 4.18. The molecule has 2 rings (SSSR count). The average Bonchev–Trinajstić information content (AvgIpc) is 2.67. The maximum atomic E-state index is 13.1. The van der Waals surface area contributed by atoms with Crippen LogP contribution in [0.15, 0.2) is 46.8 Å². The van der Waals surface area contributed by atoms with E-state index in [0.29, 0.717) is 39.0 Å². The van der Waals surface area contributed by atoms with Crippen molar-refractivity contribution < 1.29 is 19.1 Å². The quantitative estimate of drug-likeness (QED) is 0.472. The van der Waals surface area contributed by atoms with Gasteiger partial charge in [-0.3, -0.25) is 0 Å². The second-order valence-electron chi connectivity index (χ2n) is 6.40. The van der Waals surface area contributed by atoms with Crippen LogP contribution in [0.3, 0.4) is 0 Å². The molecule has 1 heterocycles. The Morgan fingerprint density at radius 3 is 2.38 bits per heavy atom. The summed E-state index contributed by atoms with van der Waals surface area (Å²) in [4.78, 5) is 25.9. The number of hydrogen-bond donors (Lipinski definition) is 2. The Morgan fingerprint density at radius 2 is 1.83 bits per heavy atom. The molecule has 2 atom stereocenters. The summed E-state index contributed by atoms with van der Waals surface area (Å²) in [5.74, 6) is -1.25. The molecule has 1 aromatic rings. The van der Waals surface area contributed by atoms with Crippen LogP contribution in [0.4, 0.5) is 0 Å². The predicted octanol–water partition coefficient (Wildman–Crippen LogP) is 3.72. The van der Waals surface area contributed by atoms with Crippen LogP contribution in [0.5, 0.6) is 0 Å². The Kier molecular flexibility index (Phi) is 8.61. The van der Waals surface area contributed by atoms with E-state index >= 15 is 0 Å². The van der Waals surface area contributed by atoms with Gasteiger partial charge in [0, 0.05) is 27.5 Å². The van der Waals surface area contributed by atoms with Gasteiger partial charge in [-0.15, -0.1) is 11.8 Å². The Hall–Kier alpha value is -1.96. The lowest BCUT2D eigenvalue weighted by molar-refractivity contribution is -0.139. The Bertz CT molecular complexity index is 838. The van der Waals surface area contributed by atoms with Gasteiger partial charge in [0.15, 0.2) is 0 Å². The summed E-state index contributed by atoms with van der Waals surface area (Å²) >= 11 is 7.71. The van der Waals surface area contributed by atoms with E-state index in [4.69, 9.17) is 26.8 Å². The second kappa shape index (κ2) is 10.7.